The molecule has 0 atom stereocenters. The summed E-state index contributed by atoms with van der Waals surface area (Å²) in [5.74, 6) is -0.0307. The summed E-state index contributed by atoms with van der Waals surface area (Å²) in [6.45, 7) is 20.6. The third-order valence-corrected chi connectivity index (χ3v) is 3.53. The van der Waals surface area contributed by atoms with Crippen LogP contribution in [0.1, 0.15) is 101 Å². The molecule has 1 rings (SSSR count). The van der Waals surface area contributed by atoms with Crippen LogP contribution in [0.2, 0.25) is 0 Å². The number of esters is 1. The van der Waals surface area contributed by atoms with Crippen LogP contribution in [0.5, 0.6) is 0 Å². The average molecular weight is 301 g/mol. The highest BCUT2D eigenvalue weighted by atomic mass is 16.6. The zero-order chi connectivity index (χ0) is 17.3. The van der Waals surface area contributed by atoms with Gasteiger partial charge in [0.25, 0.3) is 0 Å². The lowest BCUT2D eigenvalue weighted by Crippen LogP contribution is -2.37. The summed E-state index contributed by atoms with van der Waals surface area (Å²) in [6.07, 6.45) is 5.26. The van der Waals surface area contributed by atoms with Gasteiger partial charge in [-0.3, -0.25) is 4.79 Å². The zero-order valence-electron chi connectivity index (χ0n) is 16.4. The Morgan fingerprint density at radius 1 is 0.952 bits per heavy atom. The molecule has 0 heterocycles. The minimum Gasteiger partial charge on any atom is -0.459 e. The van der Waals surface area contributed by atoms with Gasteiger partial charge in [0.15, 0.2) is 0 Å². The van der Waals surface area contributed by atoms with Gasteiger partial charge in [-0.25, -0.2) is 0 Å². The molecule has 0 aliphatic heterocycles. The predicted octanol–water partition coefficient (Wildman–Crippen LogP) is 6.38. The van der Waals surface area contributed by atoms with E-state index in [9.17, 15) is 4.79 Å². The molecular formula is C19H40O2. The molecule has 0 aromatic heterocycles. The van der Waals surface area contributed by atoms with Crippen molar-refractivity contribution in [3.63, 3.8) is 0 Å². The van der Waals surface area contributed by atoms with Crippen molar-refractivity contribution < 1.29 is 9.53 Å². The van der Waals surface area contributed by atoms with Gasteiger partial charge in [-0.05, 0) is 58.3 Å². The number of carbonyl (C=O) groups is 1. The number of rotatable bonds is 3. The van der Waals surface area contributed by atoms with Crippen molar-refractivity contribution in [2.45, 2.75) is 107 Å². The van der Waals surface area contributed by atoms with Gasteiger partial charge < -0.3 is 4.74 Å². The lowest BCUT2D eigenvalue weighted by atomic mass is 9.76. The second-order valence-electron chi connectivity index (χ2n) is 7.67. The fraction of sp³-hybridized carbons (Fsp3) is 0.947. The summed E-state index contributed by atoms with van der Waals surface area (Å²) in [5.41, 5.74) is -0.435. The molecule has 0 amide bonds. The predicted molar refractivity (Wildman–Crippen MR) is 93.5 cm³/mol. The molecule has 0 N–H and O–H groups in total. The van der Waals surface area contributed by atoms with Crippen molar-refractivity contribution in [1.29, 1.82) is 0 Å². The summed E-state index contributed by atoms with van der Waals surface area (Å²) >= 11 is 0. The van der Waals surface area contributed by atoms with Crippen LogP contribution >= 0.6 is 0 Å². The van der Waals surface area contributed by atoms with Crippen LogP contribution in [0.25, 0.3) is 0 Å². The van der Waals surface area contributed by atoms with E-state index in [1.807, 2.05) is 41.5 Å². The minimum absolute atomic E-state index is 0.0307. The fourth-order valence-corrected chi connectivity index (χ4v) is 2.98. The molecule has 2 nitrogen and oxygen atoms in total. The Morgan fingerprint density at radius 3 is 1.67 bits per heavy atom. The lowest BCUT2D eigenvalue weighted by Gasteiger charge is -2.34. The van der Waals surface area contributed by atoms with Crippen LogP contribution in [0.4, 0.5) is 0 Å². The van der Waals surface area contributed by atoms with Crippen molar-refractivity contribution in [1.82, 2.24) is 0 Å². The van der Waals surface area contributed by atoms with Gasteiger partial charge in [-0.2, -0.15) is 0 Å². The maximum atomic E-state index is 12.3. The van der Waals surface area contributed by atoms with Crippen molar-refractivity contribution >= 4 is 5.97 Å². The summed E-state index contributed by atoms with van der Waals surface area (Å²) in [6, 6.07) is 0. The van der Waals surface area contributed by atoms with E-state index >= 15 is 0 Å². The quantitative estimate of drug-likeness (QED) is 0.565. The second-order valence-corrected chi connectivity index (χ2v) is 7.67. The molecule has 0 aromatic rings. The Morgan fingerprint density at radius 2 is 1.33 bits per heavy atom. The van der Waals surface area contributed by atoms with Crippen LogP contribution in [-0.4, -0.2) is 11.6 Å². The summed E-state index contributed by atoms with van der Waals surface area (Å²) < 4.78 is 5.77. The monoisotopic (exact) mass is 300 g/mol. The van der Waals surface area contributed by atoms with Crippen LogP contribution in [0.15, 0.2) is 0 Å². The van der Waals surface area contributed by atoms with Crippen LogP contribution < -0.4 is 0 Å². The molecule has 128 valence electrons. The molecule has 0 spiro atoms. The van der Waals surface area contributed by atoms with Gasteiger partial charge in [0.05, 0.1) is 5.41 Å². The smallest absolute Gasteiger partial charge is 0.312 e. The van der Waals surface area contributed by atoms with E-state index in [2.05, 4.69) is 27.7 Å². The summed E-state index contributed by atoms with van der Waals surface area (Å²) in [7, 11) is 0. The highest BCUT2D eigenvalue weighted by Gasteiger charge is 2.39. The normalized spacial score (nSPS) is 17.0. The Hall–Kier alpha value is -0.530. The van der Waals surface area contributed by atoms with Gasteiger partial charge in [0.2, 0.25) is 0 Å². The van der Waals surface area contributed by atoms with Crippen LogP contribution in [0.3, 0.4) is 0 Å². The maximum absolute atomic E-state index is 12.3. The Balaban J connectivity index is 0. The molecule has 1 fully saturated rings. The first-order valence-corrected chi connectivity index (χ1v) is 8.78. The Labute approximate surface area is 134 Å². The third-order valence-electron chi connectivity index (χ3n) is 3.53. The van der Waals surface area contributed by atoms with Crippen LogP contribution in [-0.2, 0) is 9.53 Å². The molecule has 1 aliphatic rings. The molecule has 1 saturated carbocycles. The Kier molecular flexibility index (Phi) is 10.3. The zero-order valence-corrected chi connectivity index (χ0v) is 16.4. The third kappa shape index (κ3) is 9.16. The highest BCUT2D eigenvalue weighted by molar-refractivity contribution is 5.76. The summed E-state index contributed by atoms with van der Waals surface area (Å²) in [4.78, 5) is 12.3. The van der Waals surface area contributed by atoms with Crippen molar-refractivity contribution in [2.75, 3.05) is 0 Å². The van der Waals surface area contributed by atoms with E-state index in [1.54, 1.807) is 0 Å². The van der Waals surface area contributed by atoms with Crippen LogP contribution in [0, 0.1) is 10.8 Å². The average Bonchev–Trinajstić information content (AvgIpc) is 2.78. The number of hydrogen-bond acceptors (Lipinski definition) is 2. The fourth-order valence-electron chi connectivity index (χ4n) is 2.98. The molecule has 0 aromatic carbocycles. The molecule has 0 bridgehead atoms. The largest absolute Gasteiger partial charge is 0.459 e. The first-order valence-electron chi connectivity index (χ1n) is 8.78. The number of ether oxygens (including phenoxy) is 1. The molecule has 2 heteroatoms. The topological polar surface area (TPSA) is 26.3 Å². The molecule has 21 heavy (non-hydrogen) atoms. The van der Waals surface area contributed by atoms with Crippen molar-refractivity contribution in [2.24, 2.45) is 10.8 Å². The molecule has 1 aliphatic carbocycles. The SMILES string of the molecule is CC.CC.CC(C)(C)CC(C)(C)C(=O)OC1(C)CCCC1. The van der Waals surface area contributed by atoms with E-state index in [-0.39, 0.29) is 22.4 Å². The number of hydrogen-bond donors (Lipinski definition) is 0. The van der Waals surface area contributed by atoms with Crippen molar-refractivity contribution in [3.8, 4) is 0 Å². The van der Waals surface area contributed by atoms with Gasteiger partial charge >= 0.3 is 5.97 Å². The van der Waals surface area contributed by atoms with Gasteiger partial charge in [0.1, 0.15) is 5.60 Å². The molecule has 0 saturated heterocycles. The second kappa shape index (κ2) is 9.48. The van der Waals surface area contributed by atoms with Gasteiger partial charge in [-0.1, -0.05) is 48.5 Å². The summed E-state index contributed by atoms with van der Waals surface area (Å²) in [5, 5.41) is 0. The lowest BCUT2D eigenvalue weighted by molar-refractivity contribution is -0.170. The minimum atomic E-state index is -0.385. The molecule has 0 radical (unpaired) electrons. The van der Waals surface area contributed by atoms with E-state index < -0.39 is 0 Å². The van der Waals surface area contributed by atoms with E-state index in [1.165, 1.54) is 12.8 Å². The van der Waals surface area contributed by atoms with E-state index in [0.717, 1.165) is 19.3 Å². The molecular weight excluding hydrogens is 260 g/mol. The Bertz CT molecular complexity index is 278. The van der Waals surface area contributed by atoms with Crippen molar-refractivity contribution in [3.05, 3.63) is 0 Å². The molecule has 0 unspecified atom stereocenters. The maximum Gasteiger partial charge on any atom is 0.312 e. The standard InChI is InChI=1S/C15H28O2.2C2H6/c1-13(2,3)11-14(4,5)12(16)17-15(6)9-7-8-10-15;2*1-2/h7-11H2,1-6H3;2*1-2H3. The number of carbonyl (C=O) groups excluding carboxylic acids is 1. The first-order chi connectivity index (χ1) is 9.54. The van der Waals surface area contributed by atoms with E-state index in [0.29, 0.717) is 0 Å². The highest BCUT2D eigenvalue weighted by Crippen LogP contribution is 2.38. The van der Waals surface area contributed by atoms with Gasteiger partial charge in [-0.15, -0.1) is 0 Å². The first kappa shape index (κ1) is 22.7. The van der Waals surface area contributed by atoms with Gasteiger partial charge in [0, 0.05) is 0 Å². The van der Waals surface area contributed by atoms with E-state index in [4.69, 9.17) is 4.74 Å².